The lowest BCUT2D eigenvalue weighted by atomic mass is 10.1. The van der Waals surface area contributed by atoms with Crippen LogP contribution < -0.4 is 4.90 Å². The topological polar surface area (TPSA) is 20.3 Å². The van der Waals surface area contributed by atoms with E-state index in [9.17, 15) is 4.79 Å². The Bertz CT molecular complexity index is 842. The highest BCUT2D eigenvalue weighted by Crippen LogP contribution is 2.29. The largest absolute Gasteiger partial charge is 0.293 e. The van der Waals surface area contributed by atoms with E-state index in [0.29, 0.717) is 5.56 Å². The van der Waals surface area contributed by atoms with Crippen LogP contribution in [-0.2, 0) is 5.88 Å². The molecule has 3 aromatic rings. The molecule has 0 N–H and O–H groups in total. The van der Waals surface area contributed by atoms with E-state index in [-0.39, 0.29) is 17.8 Å². The molecule has 0 aliphatic carbocycles. The highest BCUT2D eigenvalue weighted by molar-refractivity contribution is 6.24. The molecule has 3 rings (SSSR count). The van der Waals surface area contributed by atoms with Crippen LogP contribution in [0.2, 0.25) is 0 Å². The van der Waals surface area contributed by atoms with Gasteiger partial charge in [-0.1, -0.05) is 54.6 Å². The summed E-state index contributed by atoms with van der Waals surface area (Å²) < 4.78 is 0. The zero-order valence-corrected chi connectivity index (χ0v) is 13.9. The van der Waals surface area contributed by atoms with Gasteiger partial charge in [-0.25, -0.2) is 0 Å². The van der Waals surface area contributed by atoms with Gasteiger partial charge in [-0.3, -0.25) is 9.69 Å². The predicted molar refractivity (Wildman–Crippen MR) is 97.5 cm³/mol. The van der Waals surface area contributed by atoms with Crippen molar-refractivity contribution < 1.29 is 4.79 Å². The Morgan fingerprint density at radius 1 is 0.870 bits per heavy atom. The van der Waals surface area contributed by atoms with E-state index in [1.165, 1.54) is 0 Å². The Labute approximate surface area is 145 Å². The van der Waals surface area contributed by atoms with Gasteiger partial charge in [0.2, 0.25) is 0 Å². The minimum atomic E-state index is -0.146. The number of nitrogens with zero attached hydrogens (tertiary/aromatic N) is 1. The zero-order valence-electron chi connectivity index (χ0n) is 12.4. The third-order valence-corrected chi connectivity index (χ3v) is 4.34. The number of carbonyl (C=O) groups excluding carboxylic acids is 1. The number of hydrogen-bond donors (Lipinski definition) is 0. The van der Waals surface area contributed by atoms with Crippen LogP contribution in [0.15, 0.2) is 66.7 Å². The fourth-order valence-corrected chi connectivity index (χ4v) is 3.13. The first-order valence-electron chi connectivity index (χ1n) is 7.25. The Morgan fingerprint density at radius 3 is 2.35 bits per heavy atom. The quantitative estimate of drug-likeness (QED) is 0.457. The van der Waals surface area contributed by atoms with Crippen molar-refractivity contribution in [2.24, 2.45) is 0 Å². The maximum atomic E-state index is 13.0. The molecule has 0 bridgehead atoms. The van der Waals surface area contributed by atoms with Crippen LogP contribution >= 0.6 is 23.2 Å². The van der Waals surface area contributed by atoms with Gasteiger partial charge in [-0.15, -0.1) is 23.2 Å². The summed E-state index contributed by atoms with van der Waals surface area (Å²) in [5, 5.41) is 2.06. The summed E-state index contributed by atoms with van der Waals surface area (Å²) in [6, 6.07) is 21.2. The van der Waals surface area contributed by atoms with Gasteiger partial charge in [-0.05, 0) is 23.1 Å². The molecule has 3 aromatic carbocycles. The monoisotopic (exact) mass is 343 g/mol. The molecule has 0 spiro atoms. The summed E-state index contributed by atoms with van der Waals surface area (Å²) in [4.78, 5) is 14.6. The first-order valence-corrected chi connectivity index (χ1v) is 8.32. The number of halogens is 2. The minimum absolute atomic E-state index is 0.0729. The summed E-state index contributed by atoms with van der Waals surface area (Å²) >= 11 is 12.1. The van der Waals surface area contributed by atoms with Crippen LogP contribution in [0.4, 0.5) is 5.69 Å². The third-order valence-electron chi connectivity index (χ3n) is 3.81. The van der Waals surface area contributed by atoms with E-state index in [1.807, 2.05) is 60.7 Å². The van der Waals surface area contributed by atoms with Gasteiger partial charge in [0, 0.05) is 16.8 Å². The molecule has 0 radical (unpaired) electrons. The van der Waals surface area contributed by atoms with Gasteiger partial charge in [0.15, 0.2) is 0 Å². The number of fused-ring (bicyclic) bond motifs is 1. The highest BCUT2D eigenvalue weighted by atomic mass is 35.5. The molecule has 1 amide bonds. The molecule has 4 heteroatoms. The fourth-order valence-electron chi connectivity index (χ4n) is 2.66. The van der Waals surface area contributed by atoms with Crippen LogP contribution in [0, 0.1) is 0 Å². The van der Waals surface area contributed by atoms with Crippen molar-refractivity contribution in [3.63, 3.8) is 0 Å². The summed E-state index contributed by atoms with van der Waals surface area (Å²) in [5.74, 6) is 0.140. The standard InChI is InChI=1S/C19H15Cl2NO/c20-12-15-7-2-4-10-17(15)19(23)22(13-21)18-11-5-8-14-6-1-3-9-16(14)18/h1-11H,12-13H2. The Kier molecular flexibility index (Phi) is 4.85. The molecule has 0 fully saturated rings. The third kappa shape index (κ3) is 3.05. The molecule has 0 aliphatic heterocycles. The number of alkyl halides is 2. The second-order valence-corrected chi connectivity index (χ2v) is 5.65. The summed E-state index contributed by atoms with van der Waals surface area (Å²) in [7, 11) is 0. The zero-order chi connectivity index (χ0) is 16.2. The van der Waals surface area contributed by atoms with Crippen LogP contribution in [0.1, 0.15) is 15.9 Å². The molecule has 0 unspecified atom stereocenters. The second kappa shape index (κ2) is 7.03. The SMILES string of the molecule is O=C(c1ccccc1CCl)N(CCl)c1cccc2ccccc12. The number of amides is 1. The van der Waals surface area contributed by atoms with Crippen molar-refractivity contribution in [3.05, 3.63) is 77.9 Å². The molecular weight excluding hydrogens is 329 g/mol. The van der Waals surface area contributed by atoms with Gasteiger partial charge in [-0.2, -0.15) is 0 Å². The molecule has 0 saturated heterocycles. The molecular formula is C19H15Cl2NO. The van der Waals surface area contributed by atoms with E-state index in [2.05, 4.69) is 0 Å². The van der Waals surface area contributed by atoms with Crippen LogP contribution in [-0.4, -0.2) is 11.9 Å². The summed E-state index contributed by atoms with van der Waals surface area (Å²) in [5.41, 5.74) is 2.18. The highest BCUT2D eigenvalue weighted by Gasteiger charge is 2.20. The van der Waals surface area contributed by atoms with E-state index in [1.54, 1.807) is 11.0 Å². The van der Waals surface area contributed by atoms with Gasteiger partial charge >= 0.3 is 0 Å². The molecule has 0 saturated carbocycles. The number of hydrogen-bond acceptors (Lipinski definition) is 1. The average molecular weight is 344 g/mol. The molecule has 0 aliphatic rings. The van der Waals surface area contributed by atoms with E-state index < -0.39 is 0 Å². The summed E-state index contributed by atoms with van der Waals surface area (Å²) in [6.07, 6.45) is 0. The fraction of sp³-hybridized carbons (Fsp3) is 0.105. The van der Waals surface area contributed by atoms with Gasteiger partial charge in [0.1, 0.15) is 6.00 Å². The van der Waals surface area contributed by atoms with Crippen molar-refractivity contribution in [1.29, 1.82) is 0 Å². The van der Waals surface area contributed by atoms with Crippen molar-refractivity contribution in [2.75, 3.05) is 10.9 Å². The van der Waals surface area contributed by atoms with Gasteiger partial charge in [0.25, 0.3) is 5.91 Å². The Morgan fingerprint density at radius 2 is 1.57 bits per heavy atom. The lowest BCUT2D eigenvalue weighted by Crippen LogP contribution is -2.30. The van der Waals surface area contributed by atoms with Crippen LogP contribution in [0.25, 0.3) is 10.8 Å². The molecule has 0 heterocycles. The molecule has 116 valence electrons. The lowest BCUT2D eigenvalue weighted by Gasteiger charge is -2.22. The van der Waals surface area contributed by atoms with Crippen molar-refractivity contribution in [3.8, 4) is 0 Å². The average Bonchev–Trinajstić information content (AvgIpc) is 2.62. The Hall–Kier alpha value is -2.03. The van der Waals surface area contributed by atoms with Crippen LogP contribution in [0.3, 0.4) is 0 Å². The number of anilines is 1. The van der Waals surface area contributed by atoms with E-state index in [0.717, 1.165) is 22.0 Å². The predicted octanol–water partition coefficient (Wildman–Crippen LogP) is 5.42. The smallest absolute Gasteiger partial charge is 0.259 e. The van der Waals surface area contributed by atoms with E-state index >= 15 is 0 Å². The lowest BCUT2D eigenvalue weighted by molar-refractivity contribution is 0.0991. The first kappa shape index (κ1) is 15.9. The maximum Gasteiger partial charge on any atom is 0.259 e. The normalized spacial score (nSPS) is 10.7. The minimum Gasteiger partial charge on any atom is -0.293 e. The maximum absolute atomic E-state index is 13.0. The summed E-state index contributed by atoms with van der Waals surface area (Å²) in [6.45, 7) is 0. The van der Waals surface area contributed by atoms with Gasteiger partial charge < -0.3 is 0 Å². The van der Waals surface area contributed by atoms with Crippen molar-refractivity contribution in [1.82, 2.24) is 0 Å². The Balaban J connectivity index is 2.10. The van der Waals surface area contributed by atoms with Crippen molar-refractivity contribution >= 4 is 45.6 Å². The van der Waals surface area contributed by atoms with Crippen LogP contribution in [0.5, 0.6) is 0 Å². The second-order valence-electron chi connectivity index (χ2n) is 5.14. The molecule has 23 heavy (non-hydrogen) atoms. The van der Waals surface area contributed by atoms with Crippen molar-refractivity contribution in [2.45, 2.75) is 5.88 Å². The molecule has 2 nitrogen and oxygen atoms in total. The number of carbonyl (C=O) groups is 1. The first-order chi connectivity index (χ1) is 11.3. The molecule has 0 atom stereocenters. The molecule has 0 aromatic heterocycles. The van der Waals surface area contributed by atoms with E-state index in [4.69, 9.17) is 23.2 Å². The number of benzene rings is 3. The van der Waals surface area contributed by atoms with Gasteiger partial charge in [0.05, 0.1) is 5.69 Å². The number of rotatable bonds is 4.